The van der Waals surface area contributed by atoms with Gasteiger partial charge in [-0.1, -0.05) is 23.7 Å². The van der Waals surface area contributed by atoms with Crippen LogP contribution in [0.15, 0.2) is 134 Å². The Bertz CT molecular complexity index is 1400. The predicted octanol–water partition coefficient (Wildman–Crippen LogP) is 5.76. The molecule has 8 bridgehead atoms. The van der Waals surface area contributed by atoms with Gasteiger partial charge in [-0.15, -0.1) is 0 Å². The first-order valence-corrected chi connectivity index (χ1v) is 10.3. The van der Waals surface area contributed by atoms with E-state index < -0.39 is 0 Å². The van der Waals surface area contributed by atoms with Gasteiger partial charge >= 0.3 is 0 Å². The Morgan fingerprint density at radius 1 is 0.500 bits per heavy atom. The maximum atomic E-state index is 6.09. The van der Waals surface area contributed by atoms with Crippen LogP contribution in [0.3, 0.4) is 0 Å². The summed E-state index contributed by atoms with van der Waals surface area (Å²) in [4.78, 5) is 18.9. The molecular weight excluding hydrogens is 469 g/mol. The molecule has 0 fully saturated rings. The van der Waals surface area contributed by atoms with Crippen LogP contribution in [0.4, 0.5) is 0 Å². The van der Waals surface area contributed by atoms with Crippen molar-refractivity contribution in [3.8, 4) is 0 Å². The summed E-state index contributed by atoms with van der Waals surface area (Å²) in [6.07, 6.45) is 22.0. The van der Waals surface area contributed by atoms with E-state index in [9.17, 15) is 0 Å². The SMILES string of the molecule is Clc1ccc(C2=CC3=NC2=CC2=NC(=CC4=NC(=CC5=NC(=C3)C=C5)C=C4)C=C2)cc1.[Zn]. The van der Waals surface area contributed by atoms with Crippen LogP contribution in [0, 0.1) is 0 Å². The molecule has 0 atom stereocenters. The number of aliphatic imine (C=N–C) groups is 4. The van der Waals surface area contributed by atoms with Crippen molar-refractivity contribution in [3.05, 3.63) is 124 Å². The molecular formula is C26H15ClN4Zn. The number of rotatable bonds is 1. The third kappa shape index (κ3) is 4.10. The number of benzene rings is 1. The monoisotopic (exact) mass is 482 g/mol. The van der Waals surface area contributed by atoms with Gasteiger partial charge in [-0.3, -0.25) is 0 Å². The van der Waals surface area contributed by atoms with Crippen molar-refractivity contribution >= 4 is 40.0 Å². The fourth-order valence-corrected chi connectivity index (χ4v) is 3.88. The van der Waals surface area contributed by atoms with E-state index in [0.29, 0.717) is 5.02 Å². The number of hydrogen-bond acceptors (Lipinski definition) is 4. The smallest absolute Gasteiger partial charge is 0.0737 e. The van der Waals surface area contributed by atoms with Gasteiger partial charge in [0.15, 0.2) is 0 Å². The number of fused-ring (bicyclic) bond motifs is 4. The second-order valence-corrected chi connectivity index (χ2v) is 7.89. The number of hydrogen-bond donors (Lipinski definition) is 0. The maximum absolute atomic E-state index is 6.09. The molecule has 0 saturated carbocycles. The third-order valence-electron chi connectivity index (χ3n) is 5.19. The van der Waals surface area contributed by atoms with E-state index in [0.717, 1.165) is 56.8 Å². The first-order valence-electron chi connectivity index (χ1n) is 9.92. The normalized spacial score (nSPS) is 19.8. The first kappa shape index (κ1) is 20.6. The summed E-state index contributed by atoms with van der Waals surface area (Å²) in [5, 5.41) is 0.706. The van der Waals surface area contributed by atoms with Crippen molar-refractivity contribution in [1.29, 1.82) is 0 Å². The summed E-state index contributed by atoms with van der Waals surface area (Å²) in [7, 11) is 0. The van der Waals surface area contributed by atoms with Crippen molar-refractivity contribution in [2.24, 2.45) is 20.0 Å². The molecule has 0 radical (unpaired) electrons. The summed E-state index contributed by atoms with van der Waals surface area (Å²) in [6, 6.07) is 7.80. The Morgan fingerprint density at radius 2 is 1.00 bits per heavy atom. The third-order valence-corrected chi connectivity index (χ3v) is 5.45. The molecule has 5 aliphatic rings. The van der Waals surface area contributed by atoms with Crippen LogP contribution in [0.25, 0.3) is 5.57 Å². The van der Waals surface area contributed by atoms with Crippen molar-refractivity contribution in [3.63, 3.8) is 0 Å². The molecule has 0 spiro atoms. The summed E-state index contributed by atoms with van der Waals surface area (Å²) in [5.41, 5.74) is 8.98. The van der Waals surface area contributed by atoms with Crippen molar-refractivity contribution in [2.45, 2.75) is 0 Å². The van der Waals surface area contributed by atoms with Crippen molar-refractivity contribution in [2.75, 3.05) is 0 Å². The molecule has 0 aromatic heterocycles. The molecule has 6 heteroatoms. The zero-order valence-corrected chi connectivity index (χ0v) is 20.8. The summed E-state index contributed by atoms with van der Waals surface area (Å²) in [6.45, 7) is 0. The van der Waals surface area contributed by atoms with Gasteiger partial charge in [0.25, 0.3) is 0 Å². The van der Waals surface area contributed by atoms with Crippen LogP contribution >= 0.6 is 11.6 Å². The molecule has 0 saturated heterocycles. The summed E-state index contributed by atoms with van der Waals surface area (Å²) >= 11 is 6.09. The van der Waals surface area contributed by atoms with Crippen LogP contribution in [-0.4, -0.2) is 22.8 Å². The molecule has 148 valence electrons. The van der Waals surface area contributed by atoms with Gasteiger partial charge in [0.1, 0.15) is 0 Å². The van der Waals surface area contributed by atoms with Gasteiger partial charge in [0.2, 0.25) is 0 Å². The predicted molar refractivity (Wildman–Crippen MR) is 129 cm³/mol. The average Bonchev–Trinajstić information content (AvgIpc) is 3.54. The van der Waals surface area contributed by atoms with E-state index in [2.05, 4.69) is 11.1 Å². The van der Waals surface area contributed by atoms with Gasteiger partial charge in [-0.05, 0) is 84.5 Å². The quantitative estimate of drug-likeness (QED) is 0.456. The van der Waals surface area contributed by atoms with Gasteiger partial charge < -0.3 is 0 Å². The molecule has 1 aromatic rings. The van der Waals surface area contributed by atoms with E-state index >= 15 is 0 Å². The fraction of sp³-hybridized carbons (Fsp3) is 0. The van der Waals surface area contributed by atoms with Gasteiger partial charge in [0.05, 0.1) is 45.6 Å². The van der Waals surface area contributed by atoms with E-state index in [4.69, 9.17) is 26.6 Å². The van der Waals surface area contributed by atoms with Crippen LogP contribution in [0.5, 0.6) is 0 Å². The molecule has 4 nitrogen and oxygen atoms in total. The first-order chi connectivity index (χ1) is 15.2. The largest absolute Gasteiger partial charge is 0.249 e. The van der Waals surface area contributed by atoms with E-state index in [1.54, 1.807) is 0 Å². The second kappa shape index (κ2) is 8.35. The topological polar surface area (TPSA) is 49.4 Å². The van der Waals surface area contributed by atoms with E-state index in [-0.39, 0.29) is 19.5 Å². The molecule has 5 aliphatic heterocycles. The molecule has 32 heavy (non-hydrogen) atoms. The second-order valence-electron chi connectivity index (χ2n) is 7.45. The number of halogens is 1. The Balaban J connectivity index is 0.00000216. The van der Waals surface area contributed by atoms with Crippen molar-refractivity contribution in [1.82, 2.24) is 0 Å². The maximum Gasteiger partial charge on any atom is 0.0737 e. The molecule has 0 N–H and O–H groups in total. The summed E-state index contributed by atoms with van der Waals surface area (Å²) in [5.74, 6) is 0. The van der Waals surface area contributed by atoms with E-state index in [1.807, 2.05) is 85.0 Å². The molecule has 1 aromatic carbocycles. The van der Waals surface area contributed by atoms with Gasteiger partial charge in [-0.2, -0.15) is 0 Å². The Labute approximate surface area is 203 Å². The van der Waals surface area contributed by atoms with Crippen LogP contribution in [-0.2, 0) is 19.5 Å². The van der Waals surface area contributed by atoms with E-state index in [1.165, 1.54) is 0 Å². The zero-order valence-electron chi connectivity index (χ0n) is 17.0. The number of nitrogens with zero attached hydrogens (tertiary/aromatic N) is 4. The Kier molecular flexibility index (Phi) is 5.38. The van der Waals surface area contributed by atoms with Crippen LogP contribution in [0.2, 0.25) is 5.02 Å². The molecule has 0 aliphatic carbocycles. The Morgan fingerprint density at radius 3 is 1.56 bits per heavy atom. The Hall–Kier alpha value is -3.27. The minimum Gasteiger partial charge on any atom is -0.249 e. The molecule has 6 rings (SSSR count). The average molecular weight is 484 g/mol. The molecule has 0 unspecified atom stereocenters. The van der Waals surface area contributed by atoms with Crippen LogP contribution in [0.1, 0.15) is 5.56 Å². The van der Waals surface area contributed by atoms with Gasteiger partial charge in [-0.25, -0.2) is 20.0 Å². The number of allylic oxidation sites excluding steroid dienone is 12. The van der Waals surface area contributed by atoms with Gasteiger partial charge in [0, 0.05) is 30.1 Å². The van der Waals surface area contributed by atoms with Crippen LogP contribution < -0.4 is 0 Å². The fourth-order valence-electron chi connectivity index (χ4n) is 3.76. The standard InChI is InChI=1S/C26H15ClN4.Zn/c27-17-3-1-16(2-4-17)25-14-24-13-22-8-7-20(29-22)11-18-5-6-19(28-18)12-21-9-10-23(30-21)15-26(25)31-24;/h1-15H;. The zero-order chi connectivity index (χ0) is 20.8. The summed E-state index contributed by atoms with van der Waals surface area (Å²) < 4.78 is 0. The van der Waals surface area contributed by atoms with Crippen molar-refractivity contribution < 1.29 is 19.5 Å². The minimum atomic E-state index is 0. The molecule has 0 amide bonds. The molecule has 5 heterocycles. The minimum absolute atomic E-state index is 0.